The summed E-state index contributed by atoms with van der Waals surface area (Å²) in [5.74, 6) is 0.831. The van der Waals surface area contributed by atoms with Crippen LogP contribution >= 0.6 is 0 Å². The van der Waals surface area contributed by atoms with E-state index in [2.05, 4.69) is 4.90 Å². The molecule has 0 aliphatic rings. The zero-order chi connectivity index (χ0) is 17.6. The average molecular weight is 349 g/mol. The standard InChI is InChI=1S/C18H23NO4S/c1-3-19(11-12-23-17-7-5-4-6-8-17)14-16-10-9-15(2)18(13-16)24(20,21)22/h4-10,13H,3,11-12,14H2,1-2H3,(H,20,21,22). The molecule has 130 valence electrons. The van der Waals surface area contributed by atoms with Gasteiger partial charge in [-0.1, -0.05) is 37.3 Å². The Morgan fingerprint density at radius 1 is 1.12 bits per heavy atom. The van der Waals surface area contributed by atoms with Crippen LogP contribution in [0, 0.1) is 6.92 Å². The van der Waals surface area contributed by atoms with Crippen molar-refractivity contribution in [1.29, 1.82) is 0 Å². The van der Waals surface area contributed by atoms with Crippen molar-refractivity contribution < 1.29 is 17.7 Å². The molecule has 0 spiro atoms. The Balaban J connectivity index is 1.97. The Morgan fingerprint density at radius 3 is 2.46 bits per heavy atom. The molecule has 0 aromatic heterocycles. The first-order valence-electron chi connectivity index (χ1n) is 7.87. The van der Waals surface area contributed by atoms with Gasteiger partial charge in [0.05, 0.1) is 4.90 Å². The minimum atomic E-state index is -4.19. The van der Waals surface area contributed by atoms with Crippen LogP contribution in [-0.4, -0.2) is 37.6 Å². The van der Waals surface area contributed by atoms with Crippen LogP contribution in [0.3, 0.4) is 0 Å². The normalized spacial score (nSPS) is 11.7. The van der Waals surface area contributed by atoms with E-state index in [4.69, 9.17) is 4.74 Å². The third-order valence-corrected chi connectivity index (χ3v) is 4.80. The lowest BCUT2D eigenvalue weighted by atomic mass is 10.1. The molecule has 0 saturated heterocycles. The van der Waals surface area contributed by atoms with E-state index in [0.29, 0.717) is 18.7 Å². The minimum absolute atomic E-state index is 0.0309. The topological polar surface area (TPSA) is 66.8 Å². The summed E-state index contributed by atoms with van der Waals surface area (Å²) in [6, 6.07) is 14.7. The van der Waals surface area contributed by atoms with Crippen molar-refractivity contribution in [3.05, 3.63) is 59.7 Å². The molecule has 0 aliphatic carbocycles. The van der Waals surface area contributed by atoms with Crippen molar-refractivity contribution in [2.45, 2.75) is 25.3 Å². The zero-order valence-corrected chi connectivity index (χ0v) is 14.8. The molecule has 2 aromatic carbocycles. The molecule has 0 atom stereocenters. The van der Waals surface area contributed by atoms with E-state index in [1.807, 2.05) is 43.3 Å². The van der Waals surface area contributed by atoms with E-state index in [1.54, 1.807) is 13.0 Å². The van der Waals surface area contributed by atoms with E-state index in [0.717, 1.165) is 24.4 Å². The lowest BCUT2D eigenvalue weighted by molar-refractivity contribution is 0.210. The fourth-order valence-corrected chi connectivity index (χ4v) is 3.21. The van der Waals surface area contributed by atoms with Crippen LogP contribution in [0.5, 0.6) is 5.75 Å². The van der Waals surface area contributed by atoms with E-state index < -0.39 is 10.1 Å². The van der Waals surface area contributed by atoms with E-state index in [9.17, 15) is 13.0 Å². The molecule has 0 aliphatic heterocycles. The number of hydrogen-bond acceptors (Lipinski definition) is 4. The summed E-state index contributed by atoms with van der Waals surface area (Å²) in [5.41, 5.74) is 1.38. The molecular weight excluding hydrogens is 326 g/mol. The van der Waals surface area contributed by atoms with Crippen molar-refractivity contribution in [1.82, 2.24) is 4.90 Å². The molecule has 2 aromatic rings. The van der Waals surface area contributed by atoms with Gasteiger partial charge in [-0.15, -0.1) is 0 Å². The molecule has 24 heavy (non-hydrogen) atoms. The number of nitrogens with zero attached hydrogens (tertiary/aromatic N) is 1. The largest absolute Gasteiger partial charge is 0.492 e. The summed E-state index contributed by atoms with van der Waals surface area (Å²) in [4.78, 5) is 2.12. The maximum Gasteiger partial charge on any atom is 0.294 e. The highest BCUT2D eigenvalue weighted by Gasteiger charge is 2.14. The minimum Gasteiger partial charge on any atom is -0.492 e. The summed E-state index contributed by atoms with van der Waals surface area (Å²) in [7, 11) is -4.19. The Kier molecular flexibility index (Phi) is 6.36. The van der Waals surface area contributed by atoms with Crippen LogP contribution < -0.4 is 4.74 Å². The van der Waals surface area contributed by atoms with Gasteiger partial charge in [0.15, 0.2) is 0 Å². The molecule has 0 amide bonds. The quantitative estimate of drug-likeness (QED) is 0.742. The molecule has 0 heterocycles. The second-order valence-electron chi connectivity index (χ2n) is 5.61. The number of hydrogen-bond donors (Lipinski definition) is 1. The number of rotatable bonds is 8. The lowest BCUT2D eigenvalue weighted by Gasteiger charge is -2.21. The van der Waals surface area contributed by atoms with E-state index in [-0.39, 0.29) is 4.90 Å². The van der Waals surface area contributed by atoms with Gasteiger partial charge < -0.3 is 4.74 Å². The smallest absolute Gasteiger partial charge is 0.294 e. The van der Waals surface area contributed by atoms with Crippen molar-refractivity contribution in [3.63, 3.8) is 0 Å². The van der Waals surface area contributed by atoms with Crippen LogP contribution in [0.25, 0.3) is 0 Å². The van der Waals surface area contributed by atoms with Crippen LogP contribution in [-0.2, 0) is 16.7 Å². The third-order valence-electron chi connectivity index (χ3n) is 3.80. The molecule has 0 bridgehead atoms. The maximum absolute atomic E-state index is 11.4. The van der Waals surface area contributed by atoms with Gasteiger partial charge in [-0.05, 0) is 42.8 Å². The van der Waals surface area contributed by atoms with E-state index >= 15 is 0 Å². The summed E-state index contributed by atoms with van der Waals surface area (Å²) >= 11 is 0. The molecule has 5 nitrogen and oxygen atoms in total. The molecule has 1 N–H and O–H groups in total. The van der Waals surface area contributed by atoms with Gasteiger partial charge in [-0.3, -0.25) is 9.45 Å². The zero-order valence-electron chi connectivity index (χ0n) is 14.0. The number of benzene rings is 2. The highest BCUT2D eigenvalue weighted by Crippen LogP contribution is 2.18. The number of para-hydroxylation sites is 1. The van der Waals surface area contributed by atoms with Gasteiger partial charge in [-0.2, -0.15) is 8.42 Å². The first kappa shape index (κ1) is 18.4. The monoisotopic (exact) mass is 349 g/mol. The van der Waals surface area contributed by atoms with Gasteiger partial charge in [0.2, 0.25) is 0 Å². The molecule has 0 fully saturated rings. The van der Waals surface area contributed by atoms with Gasteiger partial charge in [0, 0.05) is 13.1 Å². The van der Waals surface area contributed by atoms with E-state index in [1.165, 1.54) is 6.07 Å². The van der Waals surface area contributed by atoms with Gasteiger partial charge >= 0.3 is 0 Å². The number of aryl methyl sites for hydroxylation is 1. The van der Waals surface area contributed by atoms with Crippen LogP contribution in [0.15, 0.2) is 53.4 Å². The molecule has 0 radical (unpaired) electrons. The number of likely N-dealkylation sites (N-methyl/N-ethyl adjacent to an activating group) is 1. The van der Waals surface area contributed by atoms with Crippen molar-refractivity contribution in [3.8, 4) is 5.75 Å². The predicted molar refractivity (Wildman–Crippen MR) is 93.9 cm³/mol. The maximum atomic E-state index is 11.4. The van der Waals surface area contributed by atoms with Gasteiger partial charge in [0.25, 0.3) is 10.1 Å². The van der Waals surface area contributed by atoms with Crippen molar-refractivity contribution >= 4 is 10.1 Å². The summed E-state index contributed by atoms with van der Waals surface area (Å²) in [6.45, 7) is 6.39. The SMILES string of the molecule is CCN(CCOc1ccccc1)Cc1ccc(C)c(S(=O)(=O)O)c1. The average Bonchev–Trinajstić information content (AvgIpc) is 2.55. The first-order chi connectivity index (χ1) is 11.4. The second-order valence-corrected chi connectivity index (χ2v) is 7.00. The molecular formula is C18H23NO4S. The van der Waals surface area contributed by atoms with Crippen LogP contribution in [0.2, 0.25) is 0 Å². The highest BCUT2D eigenvalue weighted by atomic mass is 32.2. The van der Waals surface area contributed by atoms with Gasteiger partial charge in [0.1, 0.15) is 12.4 Å². The second kappa shape index (κ2) is 8.28. The summed E-state index contributed by atoms with van der Waals surface area (Å²) in [5, 5.41) is 0. The van der Waals surface area contributed by atoms with Gasteiger partial charge in [-0.25, -0.2) is 0 Å². The summed E-state index contributed by atoms with van der Waals surface area (Å²) in [6.07, 6.45) is 0. The fourth-order valence-electron chi connectivity index (χ4n) is 2.44. The van der Waals surface area contributed by atoms with Crippen LogP contribution in [0.1, 0.15) is 18.1 Å². The molecule has 2 rings (SSSR count). The molecule has 0 saturated carbocycles. The Hall–Kier alpha value is -1.89. The lowest BCUT2D eigenvalue weighted by Crippen LogP contribution is -2.28. The fraction of sp³-hybridized carbons (Fsp3) is 0.333. The van der Waals surface area contributed by atoms with Crippen LogP contribution in [0.4, 0.5) is 0 Å². The van der Waals surface area contributed by atoms with Crippen molar-refractivity contribution in [2.75, 3.05) is 19.7 Å². The summed E-state index contributed by atoms with van der Waals surface area (Å²) < 4.78 is 37.8. The third kappa shape index (κ3) is 5.33. The Bertz CT molecular complexity index is 760. The molecule has 0 unspecified atom stereocenters. The predicted octanol–water partition coefficient (Wildman–Crippen LogP) is 3.14. The molecule has 6 heteroatoms. The Morgan fingerprint density at radius 2 is 1.83 bits per heavy atom. The highest BCUT2D eigenvalue weighted by molar-refractivity contribution is 7.85. The first-order valence-corrected chi connectivity index (χ1v) is 9.31. The Labute approximate surface area is 143 Å². The van der Waals surface area contributed by atoms with Crippen molar-refractivity contribution in [2.24, 2.45) is 0 Å². The number of ether oxygens (including phenoxy) is 1.